The van der Waals surface area contributed by atoms with Gasteiger partial charge >= 0.3 is 0 Å². The molecule has 6 aromatic rings. The van der Waals surface area contributed by atoms with Gasteiger partial charge in [-0.25, -0.2) is 0 Å². The molecule has 3 atom stereocenters. The van der Waals surface area contributed by atoms with Gasteiger partial charge < -0.3 is 4.90 Å². The molecule has 6 aromatic carbocycles. The summed E-state index contributed by atoms with van der Waals surface area (Å²) in [5.74, 6) is 5.38. The van der Waals surface area contributed by atoms with Crippen LogP contribution >= 0.6 is 0 Å². The van der Waals surface area contributed by atoms with Crippen molar-refractivity contribution >= 4 is 17.1 Å². The second-order valence-corrected chi connectivity index (χ2v) is 18.7. The number of fused-ring (bicyclic) bond motifs is 5. The van der Waals surface area contributed by atoms with Gasteiger partial charge in [0.05, 0.1) is 11.1 Å². The zero-order valence-electron chi connectivity index (χ0n) is 31.9. The molecule has 7 aliphatic carbocycles. The Balaban J connectivity index is 1.04. The fourth-order valence-corrected chi connectivity index (χ4v) is 14.0. The Labute approximate surface area is 327 Å². The van der Waals surface area contributed by atoms with E-state index >= 15 is 0 Å². The predicted molar refractivity (Wildman–Crippen MR) is 226 cm³/mol. The fraction of sp³-hybridized carbons (Fsp3) is 0.333. The third-order valence-electron chi connectivity index (χ3n) is 15.8. The molecule has 6 bridgehead atoms. The minimum absolute atomic E-state index is 0.387. The lowest BCUT2D eigenvalue weighted by Crippen LogP contribution is -2.48. The SMILES string of the molecule is c1ccc(C2(c3ccccc3)c3ccccc3-c3c(N(c4ccc(C5CC6CCC5C6)cc4)c4ccc(C56CC7CC(CC(C7)C5)C6)cc4)cccc32)cc1. The third kappa shape index (κ3) is 4.84. The first-order valence-corrected chi connectivity index (χ1v) is 21.5. The quantitative estimate of drug-likeness (QED) is 0.159. The summed E-state index contributed by atoms with van der Waals surface area (Å²) in [5, 5.41) is 0. The van der Waals surface area contributed by atoms with E-state index in [0.717, 1.165) is 35.5 Å². The number of benzene rings is 6. The molecule has 1 nitrogen and oxygen atoms in total. The van der Waals surface area contributed by atoms with Crippen molar-refractivity contribution in [3.8, 4) is 11.1 Å². The molecule has 0 aliphatic heterocycles. The molecule has 0 spiro atoms. The van der Waals surface area contributed by atoms with Gasteiger partial charge in [0.25, 0.3) is 0 Å². The Hall–Kier alpha value is -4.88. The van der Waals surface area contributed by atoms with Gasteiger partial charge in [-0.15, -0.1) is 0 Å². The molecular formula is C54H51N. The fourth-order valence-electron chi connectivity index (χ4n) is 14.0. The molecule has 0 radical (unpaired) electrons. The van der Waals surface area contributed by atoms with E-state index < -0.39 is 5.41 Å². The number of hydrogen-bond acceptors (Lipinski definition) is 1. The molecule has 0 heterocycles. The molecule has 0 aromatic heterocycles. The summed E-state index contributed by atoms with van der Waals surface area (Å²) in [6.45, 7) is 0. The van der Waals surface area contributed by atoms with Crippen molar-refractivity contribution in [2.75, 3.05) is 4.90 Å². The number of rotatable bonds is 7. The van der Waals surface area contributed by atoms with Crippen LogP contribution in [0.1, 0.15) is 104 Å². The number of anilines is 3. The molecule has 6 fully saturated rings. The highest BCUT2D eigenvalue weighted by Crippen LogP contribution is 2.62. The van der Waals surface area contributed by atoms with Gasteiger partial charge in [0.1, 0.15) is 0 Å². The second kappa shape index (κ2) is 12.3. The normalized spacial score (nSPS) is 28.9. The first-order valence-electron chi connectivity index (χ1n) is 21.5. The van der Waals surface area contributed by atoms with Gasteiger partial charge in [-0.3, -0.25) is 0 Å². The lowest BCUT2D eigenvalue weighted by Gasteiger charge is -2.57. The summed E-state index contributed by atoms with van der Waals surface area (Å²) in [4.78, 5) is 2.59. The maximum absolute atomic E-state index is 2.59. The molecule has 55 heavy (non-hydrogen) atoms. The molecule has 13 rings (SSSR count). The van der Waals surface area contributed by atoms with E-state index in [1.165, 1.54) is 115 Å². The van der Waals surface area contributed by atoms with Crippen molar-refractivity contribution in [1.82, 2.24) is 0 Å². The Morgan fingerprint density at radius 3 is 1.62 bits per heavy atom. The van der Waals surface area contributed by atoms with Crippen LogP contribution in [-0.2, 0) is 10.8 Å². The second-order valence-electron chi connectivity index (χ2n) is 18.7. The largest absolute Gasteiger partial charge is 0.310 e. The molecule has 0 amide bonds. The summed E-state index contributed by atoms with van der Waals surface area (Å²) in [5.41, 5.74) is 14.9. The van der Waals surface area contributed by atoms with E-state index in [-0.39, 0.29) is 0 Å². The Morgan fingerprint density at radius 2 is 1.02 bits per heavy atom. The maximum Gasteiger partial charge on any atom is 0.0714 e. The molecule has 3 unspecified atom stereocenters. The highest BCUT2D eigenvalue weighted by molar-refractivity contribution is 5.97. The van der Waals surface area contributed by atoms with Gasteiger partial charge in [0.2, 0.25) is 0 Å². The lowest BCUT2D eigenvalue weighted by molar-refractivity contribution is -0.00518. The van der Waals surface area contributed by atoms with Crippen molar-refractivity contribution in [2.45, 2.75) is 81.0 Å². The standard InChI is InChI=1S/C54H51N/c1-3-10-43(11-4-1)54(44-12-5-2-6-13-44)49-15-8-7-14-47(49)52-50(54)16-9-17-51(52)55(45-24-20-40(21-25-45)48-32-36-18-19-41(48)31-36)46-26-22-42(23-27-46)53-33-37-28-38(34-53)30-39(29-37)35-53/h1-17,20-27,36-39,41,48H,18-19,28-35H2. The van der Waals surface area contributed by atoms with Crippen molar-refractivity contribution < 1.29 is 0 Å². The Kier molecular flexibility index (Phi) is 7.25. The van der Waals surface area contributed by atoms with Crippen LogP contribution in [0.4, 0.5) is 17.1 Å². The molecule has 272 valence electrons. The van der Waals surface area contributed by atoms with Crippen LogP contribution in [0.25, 0.3) is 11.1 Å². The van der Waals surface area contributed by atoms with E-state index in [0.29, 0.717) is 5.41 Å². The van der Waals surface area contributed by atoms with Crippen molar-refractivity contribution in [3.05, 3.63) is 185 Å². The van der Waals surface area contributed by atoms with Gasteiger partial charge in [-0.05, 0) is 168 Å². The van der Waals surface area contributed by atoms with Crippen LogP contribution in [0.5, 0.6) is 0 Å². The van der Waals surface area contributed by atoms with Crippen LogP contribution < -0.4 is 4.90 Å². The highest BCUT2D eigenvalue weighted by Gasteiger charge is 2.52. The van der Waals surface area contributed by atoms with Gasteiger partial charge in [0.15, 0.2) is 0 Å². The van der Waals surface area contributed by atoms with Crippen molar-refractivity contribution in [3.63, 3.8) is 0 Å². The zero-order valence-corrected chi connectivity index (χ0v) is 31.9. The number of nitrogens with zero attached hydrogens (tertiary/aromatic N) is 1. The van der Waals surface area contributed by atoms with Crippen LogP contribution in [-0.4, -0.2) is 0 Å². The maximum atomic E-state index is 2.59. The number of hydrogen-bond donors (Lipinski definition) is 0. The zero-order chi connectivity index (χ0) is 36.1. The lowest BCUT2D eigenvalue weighted by atomic mass is 9.48. The smallest absolute Gasteiger partial charge is 0.0714 e. The van der Waals surface area contributed by atoms with E-state index in [4.69, 9.17) is 0 Å². The monoisotopic (exact) mass is 713 g/mol. The summed E-state index contributed by atoms with van der Waals surface area (Å²) >= 11 is 0. The van der Waals surface area contributed by atoms with Crippen LogP contribution in [0.15, 0.2) is 152 Å². The highest BCUT2D eigenvalue weighted by atomic mass is 15.1. The summed E-state index contributed by atoms with van der Waals surface area (Å²) < 4.78 is 0. The predicted octanol–water partition coefficient (Wildman–Crippen LogP) is 13.9. The Morgan fingerprint density at radius 1 is 0.436 bits per heavy atom. The topological polar surface area (TPSA) is 3.24 Å². The summed E-state index contributed by atoms with van der Waals surface area (Å²) in [7, 11) is 0. The average molecular weight is 714 g/mol. The summed E-state index contributed by atoms with van der Waals surface area (Å²) in [6, 6.07) is 58.7. The molecular weight excluding hydrogens is 663 g/mol. The minimum atomic E-state index is -0.426. The van der Waals surface area contributed by atoms with Crippen LogP contribution in [0.3, 0.4) is 0 Å². The molecule has 0 N–H and O–H groups in total. The van der Waals surface area contributed by atoms with Crippen molar-refractivity contribution in [1.29, 1.82) is 0 Å². The van der Waals surface area contributed by atoms with Gasteiger partial charge in [0, 0.05) is 16.9 Å². The van der Waals surface area contributed by atoms with Crippen molar-refractivity contribution in [2.24, 2.45) is 29.6 Å². The first-order chi connectivity index (χ1) is 27.2. The molecule has 0 saturated heterocycles. The first kappa shape index (κ1) is 32.4. The van der Waals surface area contributed by atoms with Crippen LogP contribution in [0, 0.1) is 29.6 Å². The molecule has 1 heteroatoms. The molecule has 7 aliphatic rings. The minimum Gasteiger partial charge on any atom is -0.310 e. The average Bonchev–Trinajstić information content (AvgIpc) is 3.95. The van der Waals surface area contributed by atoms with Gasteiger partial charge in [-0.1, -0.05) is 128 Å². The van der Waals surface area contributed by atoms with Crippen LogP contribution in [0.2, 0.25) is 0 Å². The third-order valence-corrected chi connectivity index (χ3v) is 15.8. The Bertz CT molecular complexity index is 2300. The van der Waals surface area contributed by atoms with Gasteiger partial charge in [-0.2, -0.15) is 0 Å². The summed E-state index contributed by atoms with van der Waals surface area (Å²) in [6.07, 6.45) is 14.3. The molecule has 6 saturated carbocycles. The van der Waals surface area contributed by atoms with E-state index in [9.17, 15) is 0 Å². The van der Waals surface area contributed by atoms with E-state index in [1.54, 1.807) is 11.1 Å². The van der Waals surface area contributed by atoms with E-state index in [2.05, 4.69) is 157 Å². The van der Waals surface area contributed by atoms with E-state index in [1.807, 2.05) is 0 Å².